The predicted octanol–water partition coefficient (Wildman–Crippen LogP) is 2.38. The molecular formula is C18H26N2O4. The predicted molar refractivity (Wildman–Crippen MR) is 92.9 cm³/mol. The summed E-state index contributed by atoms with van der Waals surface area (Å²) in [6, 6.07) is 6.62. The van der Waals surface area contributed by atoms with Gasteiger partial charge in [0.05, 0.1) is 17.9 Å². The topological polar surface area (TPSA) is 75.7 Å². The first-order valence-corrected chi connectivity index (χ1v) is 8.17. The van der Waals surface area contributed by atoms with Crippen molar-refractivity contribution in [2.24, 2.45) is 5.92 Å². The number of ether oxygens (including phenoxy) is 1. The molecular weight excluding hydrogens is 308 g/mol. The highest BCUT2D eigenvalue weighted by Crippen LogP contribution is 2.21. The van der Waals surface area contributed by atoms with Gasteiger partial charge in [0, 0.05) is 13.5 Å². The Kier molecular flexibility index (Phi) is 7.95. The summed E-state index contributed by atoms with van der Waals surface area (Å²) < 4.78 is 5.02. The van der Waals surface area contributed by atoms with E-state index in [0.717, 1.165) is 6.42 Å². The fourth-order valence-corrected chi connectivity index (χ4v) is 2.16. The molecule has 0 atom stereocenters. The van der Waals surface area contributed by atoms with Gasteiger partial charge in [-0.2, -0.15) is 0 Å². The molecule has 0 spiro atoms. The lowest BCUT2D eigenvalue weighted by Gasteiger charge is -2.23. The molecule has 1 aromatic rings. The Balaban J connectivity index is 2.91. The molecule has 0 aliphatic heterocycles. The van der Waals surface area contributed by atoms with Crippen LogP contribution in [0.15, 0.2) is 24.3 Å². The average Bonchev–Trinajstić information content (AvgIpc) is 2.52. The Morgan fingerprint density at radius 2 is 1.88 bits per heavy atom. The van der Waals surface area contributed by atoms with Gasteiger partial charge in [-0.15, -0.1) is 0 Å². The summed E-state index contributed by atoms with van der Waals surface area (Å²) >= 11 is 0. The minimum Gasteiger partial charge on any atom is -0.462 e. The van der Waals surface area contributed by atoms with Crippen molar-refractivity contribution in [3.05, 3.63) is 29.8 Å². The number of carbonyl (C=O) groups is 3. The molecule has 6 heteroatoms. The second-order valence-corrected chi connectivity index (χ2v) is 5.88. The third kappa shape index (κ3) is 6.02. The number of carbonyl (C=O) groups excluding carboxylic acids is 3. The van der Waals surface area contributed by atoms with Crippen LogP contribution < -0.4 is 10.2 Å². The van der Waals surface area contributed by atoms with Crippen LogP contribution in [-0.4, -0.2) is 37.5 Å². The minimum atomic E-state index is -0.514. The van der Waals surface area contributed by atoms with Gasteiger partial charge in [0.2, 0.25) is 11.8 Å². The Labute approximate surface area is 143 Å². The number of esters is 1. The number of anilines is 1. The highest BCUT2D eigenvalue weighted by Gasteiger charge is 2.22. The number of amides is 2. The molecule has 0 aliphatic rings. The number of nitrogens with one attached hydrogen (secondary N) is 1. The largest absolute Gasteiger partial charge is 0.462 e. The number of hydrogen-bond donors (Lipinski definition) is 1. The standard InChI is InChI=1S/C18H26N2O4/c1-5-24-18(23)15-8-6-7-9-16(15)20(14(4)21)12-17(22)19-11-10-13(2)3/h6-9,13H,5,10-12H2,1-4H3,(H,19,22). The third-order valence-corrected chi connectivity index (χ3v) is 3.42. The van der Waals surface area contributed by atoms with E-state index in [4.69, 9.17) is 4.74 Å². The van der Waals surface area contributed by atoms with E-state index < -0.39 is 5.97 Å². The molecule has 0 saturated carbocycles. The second-order valence-electron chi connectivity index (χ2n) is 5.88. The van der Waals surface area contributed by atoms with E-state index >= 15 is 0 Å². The molecule has 132 valence electrons. The van der Waals surface area contributed by atoms with E-state index in [2.05, 4.69) is 19.2 Å². The smallest absolute Gasteiger partial charge is 0.340 e. The first-order chi connectivity index (χ1) is 11.4. The van der Waals surface area contributed by atoms with Gasteiger partial charge in [-0.25, -0.2) is 4.79 Å². The SMILES string of the molecule is CCOC(=O)c1ccccc1N(CC(=O)NCCC(C)C)C(C)=O. The van der Waals surface area contributed by atoms with Crippen LogP contribution in [0.4, 0.5) is 5.69 Å². The number of benzene rings is 1. The van der Waals surface area contributed by atoms with Gasteiger partial charge in [-0.05, 0) is 31.4 Å². The van der Waals surface area contributed by atoms with Gasteiger partial charge in [0.15, 0.2) is 0 Å². The lowest BCUT2D eigenvalue weighted by Crippen LogP contribution is -2.41. The quantitative estimate of drug-likeness (QED) is 0.741. The van der Waals surface area contributed by atoms with Gasteiger partial charge < -0.3 is 15.0 Å². The maximum Gasteiger partial charge on any atom is 0.340 e. The van der Waals surface area contributed by atoms with Gasteiger partial charge >= 0.3 is 5.97 Å². The summed E-state index contributed by atoms with van der Waals surface area (Å²) in [5.74, 6) is -0.603. The van der Waals surface area contributed by atoms with E-state index in [0.29, 0.717) is 18.2 Å². The number of rotatable bonds is 8. The molecule has 1 rings (SSSR count). The molecule has 0 aliphatic carbocycles. The van der Waals surface area contributed by atoms with Gasteiger partial charge in [0.25, 0.3) is 0 Å². The Bertz CT molecular complexity index is 584. The van der Waals surface area contributed by atoms with Crippen LogP contribution in [0.5, 0.6) is 0 Å². The maximum atomic E-state index is 12.1. The highest BCUT2D eigenvalue weighted by atomic mass is 16.5. The van der Waals surface area contributed by atoms with Crippen LogP contribution in [0, 0.1) is 5.92 Å². The molecule has 0 fully saturated rings. The normalized spacial score (nSPS) is 10.4. The molecule has 0 saturated heterocycles. The molecule has 0 radical (unpaired) electrons. The molecule has 1 N–H and O–H groups in total. The first-order valence-electron chi connectivity index (χ1n) is 8.17. The van der Waals surface area contributed by atoms with Crippen LogP contribution in [0.1, 0.15) is 44.5 Å². The summed E-state index contributed by atoms with van der Waals surface area (Å²) in [7, 11) is 0. The summed E-state index contributed by atoms with van der Waals surface area (Å²) in [6.07, 6.45) is 0.866. The lowest BCUT2D eigenvalue weighted by molar-refractivity contribution is -0.123. The van der Waals surface area contributed by atoms with E-state index in [-0.39, 0.29) is 30.5 Å². The molecule has 0 heterocycles. The van der Waals surface area contributed by atoms with Crippen molar-refractivity contribution in [3.8, 4) is 0 Å². The van der Waals surface area contributed by atoms with Crippen molar-refractivity contribution in [2.45, 2.75) is 34.1 Å². The lowest BCUT2D eigenvalue weighted by atomic mass is 10.1. The molecule has 1 aromatic carbocycles. The van der Waals surface area contributed by atoms with Crippen molar-refractivity contribution in [2.75, 3.05) is 24.6 Å². The molecule has 24 heavy (non-hydrogen) atoms. The Morgan fingerprint density at radius 1 is 1.21 bits per heavy atom. The molecule has 0 bridgehead atoms. The van der Waals surface area contributed by atoms with E-state index in [1.807, 2.05) is 0 Å². The average molecular weight is 334 g/mol. The first kappa shape index (κ1) is 19.7. The third-order valence-electron chi connectivity index (χ3n) is 3.42. The van der Waals surface area contributed by atoms with E-state index in [9.17, 15) is 14.4 Å². The van der Waals surface area contributed by atoms with Crippen LogP contribution >= 0.6 is 0 Å². The van der Waals surface area contributed by atoms with Crippen LogP contribution in [0.3, 0.4) is 0 Å². The molecule has 0 unspecified atom stereocenters. The van der Waals surface area contributed by atoms with Crippen LogP contribution in [0.25, 0.3) is 0 Å². The van der Waals surface area contributed by atoms with Gasteiger partial charge in [-0.1, -0.05) is 26.0 Å². The Hall–Kier alpha value is -2.37. The zero-order valence-electron chi connectivity index (χ0n) is 14.8. The summed E-state index contributed by atoms with van der Waals surface area (Å²) in [5, 5.41) is 2.79. The van der Waals surface area contributed by atoms with Crippen molar-refractivity contribution in [1.29, 1.82) is 0 Å². The van der Waals surface area contributed by atoms with E-state index in [1.165, 1.54) is 11.8 Å². The van der Waals surface area contributed by atoms with Gasteiger partial charge in [0.1, 0.15) is 6.54 Å². The fraction of sp³-hybridized carbons (Fsp3) is 0.500. The summed E-state index contributed by atoms with van der Waals surface area (Å²) in [4.78, 5) is 37.4. The maximum absolute atomic E-state index is 12.1. The summed E-state index contributed by atoms with van der Waals surface area (Å²) in [6.45, 7) is 7.89. The zero-order chi connectivity index (χ0) is 18.1. The number of hydrogen-bond acceptors (Lipinski definition) is 4. The minimum absolute atomic E-state index is 0.135. The number of para-hydroxylation sites is 1. The highest BCUT2D eigenvalue weighted by molar-refractivity contribution is 6.04. The zero-order valence-corrected chi connectivity index (χ0v) is 14.8. The monoisotopic (exact) mass is 334 g/mol. The van der Waals surface area contributed by atoms with Crippen LogP contribution in [0.2, 0.25) is 0 Å². The van der Waals surface area contributed by atoms with Crippen molar-refractivity contribution in [3.63, 3.8) is 0 Å². The summed E-state index contributed by atoms with van der Waals surface area (Å²) in [5.41, 5.74) is 0.645. The Morgan fingerprint density at radius 3 is 2.46 bits per heavy atom. The van der Waals surface area contributed by atoms with Crippen molar-refractivity contribution < 1.29 is 19.1 Å². The van der Waals surface area contributed by atoms with Crippen LogP contribution in [-0.2, 0) is 14.3 Å². The fourth-order valence-electron chi connectivity index (χ4n) is 2.16. The van der Waals surface area contributed by atoms with Crippen molar-refractivity contribution in [1.82, 2.24) is 5.32 Å². The van der Waals surface area contributed by atoms with Gasteiger partial charge in [-0.3, -0.25) is 9.59 Å². The molecule has 6 nitrogen and oxygen atoms in total. The molecule has 2 amide bonds. The second kappa shape index (κ2) is 9.70. The van der Waals surface area contributed by atoms with Crippen molar-refractivity contribution >= 4 is 23.5 Å². The van der Waals surface area contributed by atoms with E-state index in [1.54, 1.807) is 31.2 Å². The number of nitrogens with zero attached hydrogens (tertiary/aromatic N) is 1. The molecule has 0 aromatic heterocycles.